The van der Waals surface area contributed by atoms with Crippen LogP contribution in [0.1, 0.15) is 11.1 Å². The zero-order valence-electron chi connectivity index (χ0n) is 15.8. The molecule has 3 aromatic rings. The van der Waals surface area contributed by atoms with Gasteiger partial charge in [-0.15, -0.1) is 0 Å². The van der Waals surface area contributed by atoms with E-state index in [0.717, 1.165) is 0 Å². The highest BCUT2D eigenvalue weighted by Crippen LogP contribution is 2.30. The van der Waals surface area contributed by atoms with Gasteiger partial charge in [0.25, 0.3) is 5.91 Å². The zero-order valence-corrected chi connectivity index (χ0v) is 18.9. The number of ether oxygens (including phenoxy) is 1. The molecule has 0 bridgehead atoms. The van der Waals surface area contributed by atoms with Crippen LogP contribution in [0.25, 0.3) is 6.08 Å². The van der Waals surface area contributed by atoms with E-state index in [1.54, 1.807) is 48.5 Å². The average molecular weight is 520 g/mol. The van der Waals surface area contributed by atoms with Crippen LogP contribution in [-0.4, -0.2) is 5.91 Å². The average Bonchev–Trinajstić information content (AvgIpc) is 2.74. The lowest BCUT2D eigenvalue weighted by atomic mass is 10.1. The fourth-order valence-electron chi connectivity index (χ4n) is 2.62. The largest absolute Gasteiger partial charge is 0.488 e. The minimum Gasteiger partial charge on any atom is -0.488 e. The van der Waals surface area contributed by atoms with Crippen molar-refractivity contribution in [3.05, 3.63) is 97.7 Å². The van der Waals surface area contributed by atoms with Gasteiger partial charge in [0.1, 0.15) is 29.8 Å². The molecule has 0 aliphatic heterocycles. The molecular formula is C23H14BrCl2FN2O2. The van der Waals surface area contributed by atoms with Crippen molar-refractivity contribution in [2.75, 3.05) is 5.32 Å². The first kappa shape index (κ1) is 22.8. The van der Waals surface area contributed by atoms with Crippen molar-refractivity contribution in [3.8, 4) is 11.8 Å². The van der Waals surface area contributed by atoms with E-state index in [0.29, 0.717) is 32.1 Å². The summed E-state index contributed by atoms with van der Waals surface area (Å²) in [7, 11) is 0. The predicted octanol–water partition coefficient (Wildman–Crippen LogP) is 7.02. The molecule has 0 saturated heterocycles. The SMILES string of the molecule is N#C/C(=C/c1ccc(OCc2cccc(F)c2)c(Br)c1)C(=O)Nc1cccc(Cl)c1Cl. The first-order chi connectivity index (χ1) is 14.9. The molecule has 0 aromatic heterocycles. The van der Waals surface area contributed by atoms with E-state index >= 15 is 0 Å². The van der Waals surface area contributed by atoms with Gasteiger partial charge < -0.3 is 10.1 Å². The minimum atomic E-state index is -0.616. The van der Waals surface area contributed by atoms with Crippen molar-refractivity contribution < 1.29 is 13.9 Å². The summed E-state index contributed by atoms with van der Waals surface area (Å²) in [6.45, 7) is 0.192. The molecule has 0 atom stereocenters. The quantitative estimate of drug-likeness (QED) is 0.281. The summed E-state index contributed by atoms with van der Waals surface area (Å²) in [6.07, 6.45) is 1.44. The number of halogens is 4. The molecule has 0 heterocycles. The van der Waals surface area contributed by atoms with Crippen LogP contribution >= 0.6 is 39.1 Å². The first-order valence-electron chi connectivity index (χ1n) is 8.91. The van der Waals surface area contributed by atoms with E-state index in [1.807, 2.05) is 6.07 Å². The maximum absolute atomic E-state index is 13.3. The van der Waals surface area contributed by atoms with Gasteiger partial charge in [-0.05, 0) is 69.5 Å². The van der Waals surface area contributed by atoms with Gasteiger partial charge >= 0.3 is 0 Å². The molecule has 4 nitrogen and oxygen atoms in total. The Hall–Kier alpha value is -2.85. The van der Waals surface area contributed by atoms with E-state index in [2.05, 4.69) is 21.2 Å². The molecule has 3 rings (SSSR count). The van der Waals surface area contributed by atoms with Crippen molar-refractivity contribution in [1.29, 1.82) is 5.26 Å². The first-order valence-corrected chi connectivity index (χ1v) is 10.5. The maximum atomic E-state index is 13.3. The number of nitrogens with zero attached hydrogens (tertiary/aromatic N) is 1. The Morgan fingerprint density at radius 3 is 2.65 bits per heavy atom. The third-order valence-electron chi connectivity index (χ3n) is 4.12. The van der Waals surface area contributed by atoms with Crippen LogP contribution in [0.15, 0.2) is 70.7 Å². The fourth-order valence-corrected chi connectivity index (χ4v) is 3.48. The normalized spacial score (nSPS) is 11.0. The number of carbonyl (C=O) groups is 1. The standard InChI is InChI=1S/C23H14BrCl2FN2O2/c24-18-11-14(7-8-21(18)31-13-15-3-1-4-17(27)10-15)9-16(12-28)23(30)29-20-6-2-5-19(25)22(20)26/h1-11H,13H2,(H,29,30)/b16-9-. The summed E-state index contributed by atoms with van der Waals surface area (Å²) in [4.78, 5) is 12.5. The van der Waals surface area contributed by atoms with Crippen LogP contribution < -0.4 is 10.1 Å². The Morgan fingerprint density at radius 2 is 1.94 bits per heavy atom. The van der Waals surface area contributed by atoms with Crippen LogP contribution in [0.5, 0.6) is 5.75 Å². The summed E-state index contributed by atoms with van der Waals surface area (Å²) in [5, 5.41) is 12.5. The molecule has 0 aliphatic rings. The lowest BCUT2D eigenvalue weighted by Crippen LogP contribution is -2.13. The highest BCUT2D eigenvalue weighted by molar-refractivity contribution is 9.10. The zero-order chi connectivity index (χ0) is 22.4. The smallest absolute Gasteiger partial charge is 0.266 e. The number of anilines is 1. The molecule has 1 N–H and O–H groups in total. The molecule has 0 fully saturated rings. The molecule has 1 amide bonds. The van der Waals surface area contributed by atoms with Crippen LogP contribution in [0.4, 0.5) is 10.1 Å². The number of nitrogens with one attached hydrogen (secondary N) is 1. The summed E-state index contributed by atoms with van der Waals surface area (Å²) in [5.41, 5.74) is 1.49. The Kier molecular flexibility index (Phi) is 7.69. The number of hydrogen-bond acceptors (Lipinski definition) is 3. The van der Waals surface area contributed by atoms with Crippen molar-refractivity contribution in [2.24, 2.45) is 0 Å². The van der Waals surface area contributed by atoms with Crippen molar-refractivity contribution >= 4 is 56.8 Å². The van der Waals surface area contributed by atoms with Crippen LogP contribution in [0, 0.1) is 17.1 Å². The van der Waals surface area contributed by atoms with Gasteiger partial charge in [0.05, 0.1) is 20.2 Å². The summed E-state index contributed by atoms with van der Waals surface area (Å²) < 4.78 is 19.6. The second-order valence-electron chi connectivity index (χ2n) is 6.33. The molecule has 0 aliphatic carbocycles. The van der Waals surface area contributed by atoms with E-state index in [-0.39, 0.29) is 23.0 Å². The molecule has 0 radical (unpaired) electrons. The van der Waals surface area contributed by atoms with Gasteiger partial charge in [-0.25, -0.2) is 4.39 Å². The number of hydrogen-bond donors (Lipinski definition) is 1. The van der Waals surface area contributed by atoms with Crippen LogP contribution in [0.3, 0.4) is 0 Å². The molecule has 0 unspecified atom stereocenters. The maximum Gasteiger partial charge on any atom is 0.266 e. The van der Waals surface area contributed by atoms with Gasteiger partial charge in [-0.3, -0.25) is 4.79 Å². The van der Waals surface area contributed by atoms with Gasteiger partial charge in [0.2, 0.25) is 0 Å². The second kappa shape index (κ2) is 10.5. The number of rotatable bonds is 6. The molecule has 0 spiro atoms. The summed E-state index contributed by atoms with van der Waals surface area (Å²) in [5.74, 6) is -0.411. The number of amides is 1. The third-order valence-corrected chi connectivity index (χ3v) is 5.55. The lowest BCUT2D eigenvalue weighted by molar-refractivity contribution is -0.112. The Balaban J connectivity index is 1.73. The third kappa shape index (κ3) is 6.08. The van der Waals surface area contributed by atoms with Crippen molar-refractivity contribution in [2.45, 2.75) is 6.61 Å². The topological polar surface area (TPSA) is 62.1 Å². The van der Waals surface area contributed by atoms with E-state index < -0.39 is 5.91 Å². The minimum absolute atomic E-state index is 0.114. The summed E-state index contributed by atoms with van der Waals surface area (Å²) in [6, 6.07) is 17.9. The molecule has 156 valence electrons. The van der Waals surface area contributed by atoms with E-state index in [9.17, 15) is 14.4 Å². The Morgan fingerprint density at radius 1 is 1.16 bits per heavy atom. The van der Waals surface area contributed by atoms with Gasteiger partial charge in [-0.1, -0.05) is 47.5 Å². The van der Waals surface area contributed by atoms with E-state index in [1.165, 1.54) is 18.2 Å². The van der Waals surface area contributed by atoms with Crippen molar-refractivity contribution in [1.82, 2.24) is 0 Å². The molecule has 8 heteroatoms. The summed E-state index contributed by atoms with van der Waals surface area (Å²) >= 11 is 15.4. The highest BCUT2D eigenvalue weighted by Gasteiger charge is 2.13. The van der Waals surface area contributed by atoms with E-state index in [4.69, 9.17) is 27.9 Å². The fraction of sp³-hybridized carbons (Fsp3) is 0.0435. The highest BCUT2D eigenvalue weighted by atomic mass is 79.9. The molecule has 3 aromatic carbocycles. The molecular weight excluding hydrogens is 506 g/mol. The molecule has 0 saturated carbocycles. The lowest BCUT2D eigenvalue weighted by Gasteiger charge is -2.10. The molecule has 31 heavy (non-hydrogen) atoms. The van der Waals surface area contributed by atoms with Crippen molar-refractivity contribution in [3.63, 3.8) is 0 Å². The second-order valence-corrected chi connectivity index (χ2v) is 7.97. The number of carbonyl (C=O) groups excluding carboxylic acids is 1. The van der Waals surface area contributed by atoms with Gasteiger partial charge in [0, 0.05) is 0 Å². The Bertz CT molecular complexity index is 1210. The Labute approximate surface area is 197 Å². The predicted molar refractivity (Wildman–Crippen MR) is 124 cm³/mol. The van der Waals surface area contributed by atoms with Crippen LogP contribution in [-0.2, 0) is 11.4 Å². The van der Waals surface area contributed by atoms with Gasteiger partial charge in [0.15, 0.2) is 0 Å². The number of nitriles is 1. The van der Waals surface area contributed by atoms with Crippen LogP contribution in [0.2, 0.25) is 10.0 Å². The monoisotopic (exact) mass is 518 g/mol. The number of benzene rings is 3. The van der Waals surface area contributed by atoms with Gasteiger partial charge in [-0.2, -0.15) is 5.26 Å².